The number of carbonyl (C=O) groups is 9. The van der Waals surface area contributed by atoms with Crippen LogP contribution in [0.2, 0.25) is 0 Å². The number of carboxylic acid groups (broad SMARTS) is 3. The Hall–Kier alpha value is -6.85. The maximum Gasteiger partial charge on any atom is 0.394 e. The summed E-state index contributed by atoms with van der Waals surface area (Å²) in [5.74, 6) is -12.2. The van der Waals surface area contributed by atoms with Gasteiger partial charge in [-0.05, 0) is 53.1 Å². The smallest absolute Gasteiger partial charge is 0.394 e. The number of benzene rings is 3. The van der Waals surface area contributed by atoms with Crippen molar-refractivity contribution in [3.05, 3.63) is 83.4 Å². The summed E-state index contributed by atoms with van der Waals surface area (Å²) in [5, 5.41) is 41.6. The zero-order chi connectivity index (χ0) is 41.7. The summed E-state index contributed by atoms with van der Waals surface area (Å²) in [5.41, 5.74) is 4.99. The van der Waals surface area contributed by atoms with Crippen LogP contribution in [-0.4, -0.2) is 93.0 Å². The second-order valence-corrected chi connectivity index (χ2v) is 13.7. The third kappa shape index (κ3) is 11.8. The SMILES string of the molecule is NC(=O)C[C@@H](NC(=O)C1(NC(=O)NC(=O)[C@H](Cc2ccc(C(C(=O)O)C(=O)O)cc2)NC(=O)C(=O)O)CCCCC1)C(=O)NCCCc1cccc2ccccc12. The molecule has 1 saturated carbocycles. The van der Waals surface area contributed by atoms with E-state index in [0.29, 0.717) is 32.1 Å². The van der Waals surface area contributed by atoms with E-state index < -0.39 is 89.9 Å². The average molecular weight is 789 g/mol. The van der Waals surface area contributed by atoms with E-state index in [1.807, 2.05) is 53.1 Å². The van der Waals surface area contributed by atoms with E-state index in [2.05, 4.69) is 16.0 Å². The van der Waals surface area contributed by atoms with E-state index in [1.165, 1.54) is 24.3 Å². The Morgan fingerprint density at radius 1 is 0.737 bits per heavy atom. The first-order valence-electron chi connectivity index (χ1n) is 18.1. The topological polar surface area (TPSA) is 300 Å². The highest BCUT2D eigenvalue weighted by Crippen LogP contribution is 2.29. The molecule has 0 saturated heterocycles. The van der Waals surface area contributed by atoms with E-state index in [0.717, 1.165) is 16.3 Å². The summed E-state index contributed by atoms with van der Waals surface area (Å²) >= 11 is 0. The van der Waals surface area contributed by atoms with Crippen LogP contribution in [0, 0.1) is 0 Å². The van der Waals surface area contributed by atoms with Gasteiger partial charge in [-0.25, -0.2) is 9.59 Å². The molecule has 18 nitrogen and oxygen atoms in total. The molecule has 0 aromatic heterocycles. The third-order valence-corrected chi connectivity index (χ3v) is 9.62. The number of aryl methyl sites for hydroxylation is 1. The first kappa shape index (κ1) is 42.9. The fourth-order valence-corrected chi connectivity index (χ4v) is 6.74. The van der Waals surface area contributed by atoms with Crippen molar-refractivity contribution in [3.63, 3.8) is 0 Å². The first-order valence-corrected chi connectivity index (χ1v) is 18.1. The number of carbonyl (C=O) groups excluding carboxylic acids is 6. The van der Waals surface area contributed by atoms with Crippen molar-refractivity contribution in [2.45, 2.75) is 81.3 Å². The molecule has 4 rings (SSSR count). The highest BCUT2D eigenvalue weighted by Gasteiger charge is 2.43. The van der Waals surface area contributed by atoms with Crippen molar-refractivity contribution in [3.8, 4) is 0 Å². The molecule has 0 spiro atoms. The maximum atomic E-state index is 13.9. The van der Waals surface area contributed by atoms with Gasteiger partial charge < -0.3 is 42.3 Å². The van der Waals surface area contributed by atoms with Gasteiger partial charge in [-0.3, -0.25) is 38.9 Å². The standard InChI is InChI=1S/C39H44N6O12/c40-29(46)21-28(31(47)41-19-7-11-24-10-6-9-23-8-2-3-12-26(23)24)43-37(56)39(17-4-1-5-18-39)45-38(57)44-32(48)27(42-33(49)36(54)55)20-22-13-15-25(16-14-22)30(34(50)51)35(52)53/h2-3,6,8-10,12-16,27-28,30H,1,4-5,7,11,17-21H2,(H2,40,46)(H,41,47)(H,42,49)(H,43,56)(H,50,51)(H,52,53)(H,54,55)(H2,44,45,48,57)/t27-,28+/m0/s1. The molecule has 1 aliphatic carbocycles. The van der Waals surface area contributed by atoms with Gasteiger partial charge in [-0.2, -0.15) is 0 Å². The number of hydrogen-bond acceptors (Lipinski definition) is 9. The quantitative estimate of drug-likeness (QED) is 0.0523. The Kier molecular flexibility index (Phi) is 14.8. The molecule has 0 bridgehead atoms. The molecular formula is C39H44N6O12. The second-order valence-electron chi connectivity index (χ2n) is 13.7. The Bertz CT molecular complexity index is 2010. The zero-order valence-electron chi connectivity index (χ0n) is 30.7. The summed E-state index contributed by atoms with van der Waals surface area (Å²) in [6, 6.07) is 14.5. The lowest BCUT2D eigenvalue weighted by Gasteiger charge is -2.37. The molecule has 7 amide bonds. The summed E-state index contributed by atoms with van der Waals surface area (Å²) in [7, 11) is 0. The Labute approximate surface area is 325 Å². The molecule has 3 aromatic carbocycles. The summed E-state index contributed by atoms with van der Waals surface area (Å²) in [4.78, 5) is 112. The van der Waals surface area contributed by atoms with Crippen LogP contribution in [0.4, 0.5) is 4.79 Å². The Morgan fingerprint density at radius 3 is 2.02 bits per heavy atom. The molecule has 2 atom stereocenters. The molecule has 0 unspecified atom stereocenters. The number of primary amides is 1. The van der Waals surface area contributed by atoms with Gasteiger partial charge in [0.1, 0.15) is 17.6 Å². The van der Waals surface area contributed by atoms with Gasteiger partial charge in [0.15, 0.2) is 5.92 Å². The van der Waals surface area contributed by atoms with Gasteiger partial charge in [-0.1, -0.05) is 86.0 Å². The number of urea groups is 1. The lowest BCUT2D eigenvalue weighted by atomic mass is 9.80. The van der Waals surface area contributed by atoms with Crippen LogP contribution in [0.15, 0.2) is 66.7 Å². The Balaban J connectivity index is 1.42. The van der Waals surface area contributed by atoms with Crippen LogP contribution in [0.25, 0.3) is 10.8 Å². The van der Waals surface area contributed by atoms with Crippen LogP contribution in [-0.2, 0) is 51.2 Å². The number of aliphatic carboxylic acids is 3. The Morgan fingerprint density at radius 2 is 1.39 bits per heavy atom. The number of nitrogens with two attached hydrogens (primary N) is 1. The summed E-state index contributed by atoms with van der Waals surface area (Å²) in [6.45, 7) is 0.218. The number of nitrogens with one attached hydrogen (secondary N) is 5. The van der Waals surface area contributed by atoms with E-state index in [4.69, 9.17) is 10.8 Å². The fourth-order valence-electron chi connectivity index (χ4n) is 6.74. The first-order chi connectivity index (χ1) is 27.1. The molecule has 302 valence electrons. The highest BCUT2D eigenvalue weighted by atomic mass is 16.4. The minimum Gasteiger partial charge on any atom is -0.480 e. The lowest BCUT2D eigenvalue weighted by Crippen LogP contribution is -2.65. The largest absolute Gasteiger partial charge is 0.480 e. The molecule has 0 aliphatic heterocycles. The zero-order valence-corrected chi connectivity index (χ0v) is 30.7. The minimum absolute atomic E-state index is 0.0929. The number of fused-ring (bicyclic) bond motifs is 1. The van der Waals surface area contributed by atoms with Crippen LogP contribution in [0.1, 0.15) is 67.6 Å². The molecule has 10 N–H and O–H groups in total. The van der Waals surface area contributed by atoms with Gasteiger partial charge in [0.25, 0.3) is 5.91 Å². The van der Waals surface area contributed by atoms with Crippen molar-refractivity contribution in [2.24, 2.45) is 5.73 Å². The normalized spacial score (nSPS) is 14.3. The number of imide groups is 1. The minimum atomic E-state index is -1.93. The van der Waals surface area contributed by atoms with Crippen molar-refractivity contribution < 1.29 is 58.5 Å². The van der Waals surface area contributed by atoms with Crippen LogP contribution in [0.5, 0.6) is 0 Å². The molecule has 57 heavy (non-hydrogen) atoms. The van der Waals surface area contributed by atoms with Gasteiger partial charge in [0.2, 0.25) is 17.7 Å². The van der Waals surface area contributed by atoms with Gasteiger partial charge in [0, 0.05) is 13.0 Å². The summed E-state index contributed by atoms with van der Waals surface area (Å²) in [6.07, 6.45) is 2.07. The fraction of sp³-hybridized carbons (Fsp3) is 0.359. The van der Waals surface area contributed by atoms with Gasteiger partial charge in [-0.15, -0.1) is 0 Å². The predicted molar refractivity (Wildman–Crippen MR) is 201 cm³/mol. The molecule has 0 radical (unpaired) electrons. The van der Waals surface area contributed by atoms with E-state index >= 15 is 0 Å². The van der Waals surface area contributed by atoms with Crippen molar-refractivity contribution in [1.29, 1.82) is 0 Å². The lowest BCUT2D eigenvalue weighted by molar-refractivity contribution is -0.151. The summed E-state index contributed by atoms with van der Waals surface area (Å²) < 4.78 is 0. The number of amides is 7. The monoisotopic (exact) mass is 788 g/mol. The molecule has 0 heterocycles. The number of hydrogen-bond donors (Lipinski definition) is 9. The molecule has 3 aromatic rings. The molecule has 1 fully saturated rings. The average Bonchev–Trinajstić information content (AvgIpc) is 3.16. The van der Waals surface area contributed by atoms with Crippen molar-refractivity contribution in [1.82, 2.24) is 26.6 Å². The van der Waals surface area contributed by atoms with Crippen molar-refractivity contribution >= 4 is 64.2 Å². The van der Waals surface area contributed by atoms with Gasteiger partial charge in [0.05, 0.1) is 6.42 Å². The highest BCUT2D eigenvalue weighted by molar-refractivity contribution is 6.32. The van der Waals surface area contributed by atoms with E-state index in [1.54, 1.807) is 0 Å². The van der Waals surface area contributed by atoms with Crippen LogP contribution >= 0.6 is 0 Å². The molecule has 18 heteroatoms. The predicted octanol–water partition coefficient (Wildman–Crippen LogP) is 0.842. The van der Waals surface area contributed by atoms with E-state index in [-0.39, 0.29) is 30.5 Å². The number of carboxylic acids is 3. The second kappa shape index (κ2) is 19.7. The van der Waals surface area contributed by atoms with Gasteiger partial charge >= 0.3 is 29.8 Å². The van der Waals surface area contributed by atoms with Crippen LogP contribution < -0.4 is 32.3 Å². The molecular weight excluding hydrogens is 744 g/mol. The molecule has 1 aliphatic rings. The maximum absolute atomic E-state index is 13.9. The third-order valence-electron chi connectivity index (χ3n) is 9.62. The number of rotatable bonds is 17. The van der Waals surface area contributed by atoms with Crippen LogP contribution in [0.3, 0.4) is 0 Å². The van der Waals surface area contributed by atoms with Crippen molar-refractivity contribution in [2.75, 3.05) is 6.54 Å². The van der Waals surface area contributed by atoms with E-state index in [9.17, 15) is 53.4 Å².